The molecule has 0 aliphatic carbocycles. The minimum Gasteiger partial charge on any atom is -0.469 e. The molecule has 0 saturated heterocycles. The van der Waals surface area contributed by atoms with Crippen molar-refractivity contribution in [3.8, 4) is 5.75 Å². The number of carbonyl (C=O) groups excluding carboxylic acids is 2. The van der Waals surface area contributed by atoms with E-state index in [-0.39, 0.29) is 18.4 Å². The van der Waals surface area contributed by atoms with Crippen LogP contribution in [0.5, 0.6) is 5.75 Å². The molecule has 2 aliphatic heterocycles. The van der Waals surface area contributed by atoms with Gasteiger partial charge in [0.2, 0.25) is 0 Å². The molecule has 6 nitrogen and oxygen atoms in total. The number of methoxy groups -OCH3 is 1. The molecule has 31 heavy (non-hydrogen) atoms. The van der Waals surface area contributed by atoms with E-state index in [0.717, 1.165) is 32.4 Å². The Morgan fingerprint density at radius 2 is 1.52 bits per heavy atom. The first-order valence-corrected chi connectivity index (χ1v) is 9.65. The van der Waals surface area contributed by atoms with Crippen molar-refractivity contribution >= 4 is 33.9 Å². The highest BCUT2D eigenvalue weighted by molar-refractivity contribution is 5.80. The van der Waals surface area contributed by atoms with E-state index in [2.05, 4.69) is 4.74 Å². The summed E-state index contributed by atoms with van der Waals surface area (Å²) in [4.78, 5) is 21.8. The maximum atomic E-state index is 12.2. The predicted molar refractivity (Wildman–Crippen MR) is 115 cm³/mol. The molecule has 3 aromatic carbocycles. The number of ether oxygens (including phenoxy) is 2. The Kier molecular flexibility index (Phi) is 5.71. The summed E-state index contributed by atoms with van der Waals surface area (Å²) in [5, 5.41) is 3.77. The highest BCUT2D eigenvalue weighted by Crippen LogP contribution is 2.28. The SMILES string of the molecule is COC(C)=O.O=C(Cc1ccccc1)Oc1cc2coc3cccc4coc(c1)c2=c43. The molecule has 5 rings (SSSR count). The molecule has 0 N–H and O–H groups in total. The summed E-state index contributed by atoms with van der Waals surface area (Å²) >= 11 is 0. The summed E-state index contributed by atoms with van der Waals surface area (Å²) in [5.41, 5.74) is 2.36. The normalized spacial score (nSPS) is 10.6. The Hall–Kier alpha value is -4.06. The molecule has 0 fully saturated rings. The van der Waals surface area contributed by atoms with Gasteiger partial charge in [-0.3, -0.25) is 9.59 Å². The molecule has 156 valence electrons. The number of hydrogen-bond donors (Lipinski definition) is 0. The molecule has 0 spiro atoms. The standard InChI is InChI=1S/C22H14O4.C3H6O2/c23-20(9-14-5-2-1-3-6-14)26-17-10-16-13-24-18-8-4-7-15-12-25-19(11-17)22(16)21(15)18;1-3(4)5-2/h1-8,10-13H,9H2;1-2H3. The van der Waals surface area contributed by atoms with Crippen LogP contribution in [0.15, 0.2) is 82.0 Å². The van der Waals surface area contributed by atoms with Crippen LogP contribution in [0.3, 0.4) is 0 Å². The van der Waals surface area contributed by atoms with Gasteiger partial charge in [-0.1, -0.05) is 42.5 Å². The van der Waals surface area contributed by atoms with Crippen molar-refractivity contribution in [3.63, 3.8) is 0 Å². The molecule has 0 aromatic heterocycles. The van der Waals surface area contributed by atoms with Gasteiger partial charge in [-0.05, 0) is 17.7 Å². The summed E-state index contributed by atoms with van der Waals surface area (Å²) in [6.07, 6.45) is 3.57. The van der Waals surface area contributed by atoms with Crippen LogP contribution < -0.4 is 4.74 Å². The fraction of sp³-hybridized carbons (Fsp3) is 0.120. The first kappa shape index (κ1) is 20.2. The zero-order valence-corrected chi connectivity index (χ0v) is 17.1. The Balaban J connectivity index is 0.000000418. The number of esters is 2. The van der Waals surface area contributed by atoms with Crippen molar-refractivity contribution in [1.29, 1.82) is 0 Å². The number of rotatable bonds is 3. The van der Waals surface area contributed by atoms with Gasteiger partial charge in [-0.15, -0.1) is 0 Å². The van der Waals surface area contributed by atoms with E-state index in [1.807, 2.05) is 48.5 Å². The van der Waals surface area contributed by atoms with Gasteiger partial charge in [0, 0.05) is 34.2 Å². The molecular weight excluding hydrogens is 396 g/mol. The summed E-state index contributed by atoms with van der Waals surface area (Å²) in [7, 11) is 1.35. The lowest BCUT2D eigenvalue weighted by Gasteiger charge is -2.09. The van der Waals surface area contributed by atoms with Crippen molar-refractivity contribution in [3.05, 3.63) is 89.2 Å². The van der Waals surface area contributed by atoms with E-state index < -0.39 is 0 Å². The highest BCUT2D eigenvalue weighted by Gasteiger charge is 2.12. The van der Waals surface area contributed by atoms with Crippen molar-refractivity contribution in [2.45, 2.75) is 13.3 Å². The molecule has 0 unspecified atom stereocenters. The molecule has 2 heterocycles. The minimum atomic E-state index is -0.319. The quantitative estimate of drug-likeness (QED) is 0.296. The highest BCUT2D eigenvalue weighted by atomic mass is 16.5. The number of hydrogen-bond acceptors (Lipinski definition) is 6. The van der Waals surface area contributed by atoms with Gasteiger partial charge in [0.25, 0.3) is 0 Å². The Bertz CT molecular complexity index is 1340. The van der Waals surface area contributed by atoms with E-state index in [0.29, 0.717) is 11.3 Å². The number of benzene rings is 3. The largest absolute Gasteiger partial charge is 0.469 e. The molecule has 0 amide bonds. The van der Waals surface area contributed by atoms with Gasteiger partial charge in [0.05, 0.1) is 26.1 Å². The van der Waals surface area contributed by atoms with Crippen molar-refractivity contribution in [2.24, 2.45) is 0 Å². The van der Waals surface area contributed by atoms with Crippen LogP contribution in [0, 0.1) is 10.4 Å². The topological polar surface area (TPSA) is 78.9 Å². The summed E-state index contributed by atoms with van der Waals surface area (Å²) < 4.78 is 21.1. The summed E-state index contributed by atoms with van der Waals surface area (Å²) in [5.74, 6) is -0.123. The van der Waals surface area contributed by atoms with Crippen LogP contribution in [-0.2, 0) is 20.7 Å². The Labute approximate surface area is 177 Å². The fourth-order valence-corrected chi connectivity index (χ4v) is 3.32. The molecular formula is C25H20O6. The first-order valence-electron chi connectivity index (χ1n) is 9.65. The van der Waals surface area contributed by atoms with Gasteiger partial charge in [-0.2, -0.15) is 0 Å². The minimum absolute atomic E-state index is 0.216. The Morgan fingerprint density at radius 3 is 2.26 bits per heavy atom. The van der Waals surface area contributed by atoms with E-state index in [1.54, 1.807) is 24.7 Å². The zero-order chi connectivity index (χ0) is 21.8. The van der Waals surface area contributed by atoms with E-state index >= 15 is 0 Å². The smallest absolute Gasteiger partial charge is 0.315 e. The van der Waals surface area contributed by atoms with Crippen LogP contribution in [-0.4, -0.2) is 19.0 Å². The van der Waals surface area contributed by atoms with Crippen molar-refractivity contribution < 1.29 is 27.9 Å². The molecule has 0 atom stereocenters. The zero-order valence-electron chi connectivity index (χ0n) is 17.1. The van der Waals surface area contributed by atoms with Crippen LogP contribution in [0.2, 0.25) is 0 Å². The average molecular weight is 416 g/mol. The third kappa shape index (κ3) is 4.43. The second-order valence-electron chi connectivity index (χ2n) is 6.91. The monoisotopic (exact) mass is 416 g/mol. The molecule has 3 aromatic rings. The molecule has 0 bridgehead atoms. The average Bonchev–Trinajstić information content (AvgIpc) is 2.78. The second-order valence-corrected chi connectivity index (χ2v) is 6.91. The van der Waals surface area contributed by atoms with Crippen molar-refractivity contribution in [2.75, 3.05) is 7.11 Å². The predicted octanol–water partition coefficient (Wildman–Crippen LogP) is 5.23. The summed E-state index contributed by atoms with van der Waals surface area (Å²) in [6.45, 7) is 1.36. The lowest BCUT2D eigenvalue weighted by atomic mass is 10.1. The third-order valence-corrected chi connectivity index (χ3v) is 4.75. The Morgan fingerprint density at radius 1 is 0.839 bits per heavy atom. The van der Waals surface area contributed by atoms with E-state index in [9.17, 15) is 9.59 Å². The fourth-order valence-electron chi connectivity index (χ4n) is 3.32. The van der Waals surface area contributed by atoms with Crippen LogP contribution in [0.25, 0.3) is 21.9 Å². The summed E-state index contributed by atoms with van der Waals surface area (Å²) in [6, 6.07) is 18.9. The lowest BCUT2D eigenvalue weighted by Crippen LogP contribution is -2.11. The van der Waals surface area contributed by atoms with Crippen molar-refractivity contribution in [1.82, 2.24) is 0 Å². The molecule has 0 radical (unpaired) electrons. The third-order valence-electron chi connectivity index (χ3n) is 4.75. The van der Waals surface area contributed by atoms with Crippen LogP contribution in [0.4, 0.5) is 0 Å². The lowest BCUT2D eigenvalue weighted by molar-refractivity contribution is -0.138. The van der Waals surface area contributed by atoms with E-state index in [1.165, 1.54) is 14.0 Å². The molecule has 2 aliphatic rings. The van der Waals surface area contributed by atoms with Gasteiger partial charge in [-0.25, -0.2) is 0 Å². The number of carbonyl (C=O) groups is 2. The molecule has 6 heteroatoms. The first-order chi connectivity index (χ1) is 15.0. The van der Waals surface area contributed by atoms with E-state index in [4.69, 9.17) is 13.6 Å². The maximum absolute atomic E-state index is 12.2. The maximum Gasteiger partial charge on any atom is 0.315 e. The second kappa shape index (κ2) is 8.75. The van der Waals surface area contributed by atoms with Gasteiger partial charge >= 0.3 is 11.9 Å². The van der Waals surface area contributed by atoms with Crippen LogP contribution in [0.1, 0.15) is 12.5 Å². The van der Waals surface area contributed by atoms with Crippen LogP contribution >= 0.6 is 0 Å². The molecule has 0 saturated carbocycles. The van der Waals surface area contributed by atoms with Gasteiger partial charge in [0.1, 0.15) is 16.9 Å². The van der Waals surface area contributed by atoms with Gasteiger partial charge < -0.3 is 18.3 Å². The van der Waals surface area contributed by atoms with Gasteiger partial charge in [0.15, 0.2) is 0 Å².